The van der Waals surface area contributed by atoms with Crippen molar-refractivity contribution in [1.82, 2.24) is 15.5 Å². The number of nitrogens with one attached hydrogen (secondary N) is 2. The summed E-state index contributed by atoms with van der Waals surface area (Å²) in [4.78, 5) is 18.6. The third-order valence-corrected chi connectivity index (χ3v) is 6.26. The zero-order valence-electron chi connectivity index (χ0n) is 17.2. The Kier molecular flexibility index (Phi) is 10.7. The molecule has 0 spiro atoms. The first-order chi connectivity index (χ1) is 13.3. The number of hydrogen-bond acceptors (Lipinski definition) is 5. The largest absolute Gasteiger partial charge is 0.496 e. The van der Waals surface area contributed by atoms with E-state index in [4.69, 9.17) is 4.74 Å². The van der Waals surface area contributed by atoms with Crippen LogP contribution in [0.3, 0.4) is 0 Å². The van der Waals surface area contributed by atoms with Crippen LogP contribution in [0.25, 0.3) is 0 Å². The van der Waals surface area contributed by atoms with E-state index in [0.29, 0.717) is 32.0 Å². The van der Waals surface area contributed by atoms with Gasteiger partial charge in [-0.1, -0.05) is 18.2 Å². The van der Waals surface area contributed by atoms with Gasteiger partial charge in [0.15, 0.2) is 15.8 Å². The maximum atomic E-state index is 12.1. The highest BCUT2D eigenvalue weighted by Crippen LogP contribution is 2.18. The highest BCUT2D eigenvalue weighted by molar-refractivity contribution is 14.0. The van der Waals surface area contributed by atoms with Crippen molar-refractivity contribution in [2.24, 2.45) is 4.99 Å². The van der Waals surface area contributed by atoms with Crippen molar-refractivity contribution in [1.29, 1.82) is 0 Å². The van der Waals surface area contributed by atoms with Crippen LogP contribution in [0.15, 0.2) is 29.3 Å². The van der Waals surface area contributed by atoms with E-state index in [1.165, 1.54) is 0 Å². The van der Waals surface area contributed by atoms with Gasteiger partial charge in [0.25, 0.3) is 0 Å². The molecule has 1 amide bonds. The molecule has 2 N–H and O–H groups in total. The van der Waals surface area contributed by atoms with E-state index in [1.807, 2.05) is 43.1 Å². The van der Waals surface area contributed by atoms with Gasteiger partial charge in [-0.25, -0.2) is 8.42 Å². The average molecular weight is 538 g/mol. The molecule has 1 heterocycles. The number of methoxy groups -OCH3 is 1. The molecule has 0 saturated carbocycles. The van der Waals surface area contributed by atoms with Crippen LogP contribution in [0.2, 0.25) is 0 Å². The molecule has 0 aliphatic carbocycles. The van der Waals surface area contributed by atoms with Crippen molar-refractivity contribution < 1.29 is 17.9 Å². The van der Waals surface area contributed by atoms with Gasteiger partial charge in [-0.3, -0.25) is 9.79 Å². The van der Waals surface area contributed by atoms with Gasteiger partial charge in [-0.15, -0.1) is 24.0 Å². The fraction of sp³-hybridized carbons (Fsp3) is 0.579. The van der Waals surface area contributed by atoms with Crippen LogP contribution in [0, 0.1) is 0 Å². The normalized spacial score (nSPS) is 17.9. The zero-order chi connectivity index (χ0) is 20.6. The number of halogens is 1. The Hall–Kier alpha value is -1.56. The Bertz CT molecular complexity index is 801. The van der Waals surface area contributed by atoms with Crippen LogP contribution in [0.4, 0.5) is 0 Å². The number of rotatable bonds is 8. The lowest BCUT2D eigenvalue weighted by atomic mass is 10.2. The number of hydrogen-bond donors (Lipinski definition) is 2. The summed E-state index contributed by atoms with van der Waals surface area (Å²) in [7, 11) is 0.575. The van der Waals surface area contributed by atoms with Crippen molar-refractivity contribution >= 4 is 45.7 Å². The lowest BCUT2D eigenvalue weighted by Gasteiger charge is -2.23. The summed E-state index contributed by atoms with van der Waals surface area (Å²) in [6.45, 7) is 3.63. The van der Waals surface area contributed by atoms with Gasteiger partial charge < -0.3 is 20.3 Å². The van der Waals surface area contributed by atoms with Crippen molar-refractivity contribution in [3.8, 4) is 5.75 Å². The molecule has 1 saturated heterocycles. The minimum atomic E-state index is -3.00. The molecule has 0 aromatic heterocycles. The fourth-order valence-electron chi connectivity index (χ4n) is 3.11. The van der Waals surface area contributed by atoms with E-state index in [-0.39, 0.29) is 53.9 Å². The van der Waals surface area contributed by atoms with Crippen molar-refractivity contribution in [2.45, 2.75) is 32.4 Å². The van der Waals surface area contributed by atoms with Crippen molar-refractivity contribution in [3.05, 3.63) is 29.8 Å². The van der Waals surface area contributed by atoms with E-state index in [1.54, 1.807) is 7.11 Å². The van der Waals surface area contributed by atoms with Crippen molar-refractivity contribution in [3.63, 3.8) is 0 Å². The number of carbonyl (C=O) groups is 1. The first kappa shape index (κ1) is 25.5. The number of para-hydroxylation sites is 1. The third-order valence-electron chi connectivity index (χ3n) is 4.49. The number of amides is 1. The smallest absolute Gasteiger partial charge is 0.222 e. The molecular weight excluding hydrogens is 507 g/mol. The summed E-state index contributed by atoms with van der Waals surface area (Å²) in [6, 6.07) is 7.53. The number of sulfone groups is 1. The molecule has 164 valence electrons. The first-order valence-corrected chi connectivity index (χ1v) is 11.3. The van der Waals surface area contributed by atoms with E-state index in [2.05, 4.69) is 15.6 Å². The summed E-state index contributed by atoms with van der Waals surface area (Å²) in [5.41, 5.74) is 1.04. The third kappa shape index (κ3) is 8.37. The van der Waals surface area contributed by atoms with Crippen LogP contribution in [-0.4, -0.2) is 70.0 Å². The maximum Gasteiger partial charge on any atom is 0.222 e. The second-order valence-corrected chi connectivity index (χ2v) is 9.05. The lowest BCUT2D eigenvalue weighted by Crippen LogP contribution is -2.39. The molecule has 29 heavy (non-hydrogen) atoms. The van der Waals surface area contributed by atoms with Crippen LogP contribution in [0.1, 0.15) is 25.3 Å². The monoisotopic (exact) mass is 538 g/mol. The molecule has 1 atom stereocenters. The summed E-state index contributed by atoms with van der Waals surface area (Å²) in [6.07, 6.45) is 0.704. The van der Waals surface area contributed by atoms with Crippen LogP contribution < -0.4 is 15.4 Å². The maximum absolute atomic E-state index is 12.1. The minimum absolute atomic E-state index is 0. The van der Waals surface area contributed by atoms with Gasteiger partial charge >= 0.3 is 0 Å². The zero-order valence-corrected chi connectivity index (χ0v) is 20.3. The highest BCUT2D eigenvalue weighted by atomic mass is 127. The van der Waals surface area contributed by atoms with Crippen molar-refractivity contribution in [2.75, 3.05) is 38.8 Å². The topological polar surface area (TPSA) is 100 Å². The molecule has 1 aromatic carbocycles. The number of ether oxygens (including phenoxy) is 1. The molecule has 0 radical (unpaired) electrons. The van der Waals surface area contributed by atoms with Crippen LogP contribution >= 0.6 is 24.0 Å². The summed E-state index contributed by atoms with van der Waals surface area (Å²) in [5.74, 6) is 1.52. The summed E-state index contributed by atoms with van der Waals surface area (Å²) >= 11 is 0. The molecule has 0 bridgehead atoms. The fourth-order valence-corrected chi connectivity index (χ4v) is 4.78. The molecule has 10 heteroatoms. The van der Waals surface area contributed by atoms with Gasteiger partial charge in [0.2, 0.25) is 5.91 Å². The number of aliphatic imine (C=N–C) groups is 1. The Morgan fingerprint density at radius 1 is 1.34 bits per heavy atom. The number of nitrogens with zero attached hydrogens (tertiary/aromatic N) is 2. The second-order valence-electron chi connectivity index (χ2n) is 6.82. The SMILES string of the molecule is CCNC(=NCCC(=O)NC1CCS(=O)(=O)C1)N(C)Cc1ccccc1OC.I. The summed E-state index contributed by atoms with van der Waals surface area (Å²) < 4.78 is 28.3. The standard InChI is InChI=1S/C19H30N4O4S.HI/c1-4-20-19(23(2)13-15-7-5-6-8-17(15)27-3)21-11-9-18(24)22-16-10-12-28(25,26)14-16;/h5-8,16H,4,9-14H2,1-3H3,(H,20,21)(H,22,24);1H. The second kappa shape index (κ2) is 12.2. The predicted molar refractivity (Wildman–Crippen MR) is 126 cm³/mol. The molecule has 1 aromatic rings. The van der Waals surface area contributed by atoms with E-state index in [0.717, 1.165) is 11.3 Å². The molecule has 1 aliphatic heterocycles. The van der Waals surface area contributed by atoms with E-state index in [9.17, 15) is 13.2 Å². The number of benzene rings is 1. The van der Waals surface area contributed by atoms with E-state index < -0.39 is 9.84 Å². The Morgan fingerprint density at radius 3 is 2.69 bits per heavy atom. The van der Waals surface area contributed by atoms with Gasteiger partial charge in [-0.05, 0) is 19.4 Å². The molecule has 8 nitrogen and oxygen atoms in total. The predicted octanol–water partition coefficient (Wildman–Crippen LogP) is 1.40. The van der Waals surface area contributed by atoms with E-state index >= 15 is 0 Å². The van der Waals surface area contributed by atoms with Gasteiger partial charge in [-0.2, -0.15) is 0 Å². The van der Waals surface area contributed by atoms with Crippen LogP contribution in [0.5, 0.6) is 5.75 Å². The number of guanidine groups is 1. The quantitative estimate of drug-likeness (QED) is 0.295. The Labute approximate surface area is 190 Å². The molecule has 1 aliphatic rings. The van der Waals surface area contributed by atoms with Gasteiger partial charge in [0.1, 0.15) is 5.75 Å². The van der Waals surface area contributed by atoms with Crippen LogP contribution in [-0.2, 0) is 21.2 Å². The number of carbonyl (C=O) groups excluding carboxylic acids is 1. The molecule has 2 rings (SSSR count). The molecule has 1 fully saturated rings. The lowest BCUT2D eigenvalue weighted by molar-refractivity contribution is -0.121. The molecule has 1 unspecified atom stereocenters. The molecular formula is C19H31IN4O4S. The highest BCUT2D eigenvalue weighted by Gasteiger charge is 2.28. The Morgan fingerprint density at radius 2 is 2.07 bits per heavy atom. The Balaban J connectivity index is 0.00000420. The summed E-state index contributed by atoms with van der Waals surface area (Å²) in [5, 5.41) is 6.01. The average Bonchev–Trinajstić information content (AvgIpc) is 2.99. The first-order valence-electron chi connectivity index (χ1n) is 9.45. The minimum Gasteiger partial charge on any atom is -0.496 e. The van der Waals surface area contributed by atoms with Gasteiger partial charge in [0, 0.05) is 38.2 Å². The van der Waals surface area contributed by atoms with Gasteiger partial charge in [0.05, 0.1) is 25.2 Å².